The van der Waals surface area contributed by atoms with Crippen molar-refractivity contribution in [1.82, 2.24) is 15.2 Å². The van der Waals surface area contributed by atoms with E-state index in [-0.39, 0.29) is 5.91 Å². The summed E-state index contributed by atoms with van der Waals surface area (Å²) in [6.07, 6.45) is 1.35. The van der Waals surface area contributed by atoms with Crippen molar-refractivity contribution in [3.63, 3.8) is 0 Å². The number of rotatable bonds is 6. The lowest BCUT2D eigenvalue weighted by Crippen LogP contribution is -2.36. The van der Waals surface area contributed by atoms with Crippen molar-refractivity contribution in [3.8, 4) is 0 Å². The Morgan fingerprint density at radius 1 is 1.42 bits per heavy atom. The number of carbonyl (C=O) groups excluding carboxylic acids is 2. The highest BCUT2D eigenvalue weighted by Crippen LogP contribution is 2.10. The summed E-state index contributed by atoms with van der Waals surface area (Å²) in [5.41, 5.74) is 2.40. The van der Waals surface area contributed by atoms with E-state index in [0.29, 0.717) is 31.0 Å². The number of amides is 2. The molecule has 2 amide bonds. The molecular weight excluding hydrogens is 248 g/mol. The SMILES string of the molecule is CCN(CC(=O)N(C)C)Cc1cc(C(=O)NN)co1. The topological polar surface area (TPSA) is 91.8 Å². The van der Waals surface area contributed by atoms with Gasteiger partial charge in [-0.3, -0.25) is 19.9 Å². The number of furan rings is 1. The van der Waals surface area contributed by atoms with Crippen LogP contribution in [0.1, 0.15) is 23.0 Å². The number of nitrogens with two attached hydrogens (primary N) is 1. The third-order valence-corrected chi connectivity index (χ3v) is 2.73. The van der Waals surface area contributed by atoms with Crippen LogP contribution in [-0.2, 0) is 11.3 Å². The molecule has 7 nitrogen and oxygen atoms in total. The second-order valence-electron chi connectivity index (χ2n) is 4.37. The fourth-order valence-electron chi connectivity index (χ4n) is 1.50. The molecule has 0 aliphatic carbocycles. The maximum absolute atomic E-state index is 11.6. The minimum absolute atomic E-state index is 0.0216. The molecule has 0 spiro atoms. The van der Waals surface area contributed by atoms with Gasteiger partial charge in [-0.05, 0) is 12.6 Å². The number of hydrazine groups is 1. The van der Waals surface area contributed by atoms with Crippen LogP contribution in [-0.4, -0.2) is 48.8 Å². The fourth-order valence-corrected chi connectivity index (χ4v) is 1.50. The Morgan fingerprint density at radius 2 is 2.11 bits per heavy atom. The van der Waals surface area contributed by atoms with Gasteiger partial charge in [-0.1, -0.05) is 6.92 Å². The van der Waals surface area contributed by atoms with Crippen molar-refractivity contribution in [3.05, 3.63) is 23.7 Å². The van der Waals surface area contributed by atoms with Gasteiger partial charge in [0.25, 0.3) is 5.91 Å². The van der Waals surface area contributed by atoms with E-state index in [0.717, 1.165) is 0 Å². The summed E-state index contributed by atoms with van der Waals surface area (Å²) in [4.78, 5) is 26.4. The van der Waals surface area contributed by atoms with Crippen molar-refractivity contribution < 1.29 is 14.0 Å². The second-order valence-corrected chi connectivity index (χ2v) is 4.37. The summed E-state index contributed by atoms with van der Waals surface area (Å²) in [5, 5.41) is 0. The first-order valence-corrected chi connectivity index (χ1v) is 5.98. The molecule has 0 aliphatic heterocycles. The zero-order valence-corrected chi connectivity index (χ0v) is 11.5. The molecule has 0 bridgehead atoms. The minimum atomic E-state index is -0.401. The fraction of sp³-hybridized carbons (Fsp3) is 0.500. The van der Waals surface area contributed by atoms with Gasteiger partial charge in [0.15, 0.2) is 0 Å². The third kappa shape index (κ3) is 4.38. The summed E-state index contributed by atoms with van der Waals surface area (Å²) in [6.45, 7) is 3.44. The molecule has 1 heterocycles. The Hall–Kier alpha value is -1.86. The maximum Gasteiger partial charge on any atom is 0.268 e. The van der Waals surface area contributed by atoms with Gasteiger partial charge in [0.1, 0.15) is 12.0 Å². The van der Waals surface area contributed by atoms with E-state index in [4.69, 9.17) is 10.3 Å². The predicted octanol–water partition coefficient (Wildman–Crippen LogP) is -0.207. The highest BCUT2D eigenvalue weighted by Gasteiger charge is 2.14. The van der Waals surface area contributed by atoms with Gasteiger partial charge in [0.2, 0.25) is 5.91 Å². The molecule has 7 heteroatoms. The summed E-state index contributed by atoms with van der Waals surface area (Å²) in [7, 11) is 3.43. The Balaban J connectivity index is 2.63. The van der Waals surface area contributed by atoms with Crippen molar-refractivity contribution in [1.29, 1.82) is 0 Å². The number of nitrogens with zero attached hydrogens (tertiary/aromatic N) is 2. The summed E-state index contributed by atoms with van der Waals surface area (Å²) in [6, 6.07) is 1.62. The van der Waals surface area contributed by atoms with E-state index in [2.05, 4.69) is 0 Å². The maximum atomic E-state index is 11.6. The molecule has 0 saturated heterocycles. The smallest absolute Gasteiger partial charge is 0.268 e. The quantitative estimate of drug-likeness (QED) is 0.423. The van der Waals surface area contributed by atoms with Crippen LogP contribution in [0.25, 0.3) is 0 Å². The van der Waals surface area contributed by atoms with Crippen LogP contribution < -0.4 is 11.3 Å². The first-order valence-electron chi connectivity index (χ1n) is 5.98. The minimum Gasteiger partial charge on any atom is -0.467 e. The van der Waals surface area contributed by atoms with Crippen molar-refractivity contribution in [2.45, 2.75) is 13.5 Å². The average Bonchev–Trinajstić information content (AvgIpc) is 2.85. The van der Waals surface area contributed by atoms with Crippen LogP contribution in [0.5, 0.6) is 0 Å². The average molecular weight is 268 g/mol. The van der Waals surface area contributed by atoms with Crippen LogP contribution in [0, 0.1) is 0 Å². The highest BCUT2D eigenvalue weighted by molar-refractivity contribution is 5.93. The van der Waals surface area contributed by atoms with Crippen molar-refractivity contribution in [2.24, 2.45) is 5.84 Å². The molecular formula is C12H20N4O3. The number of hydrogen-bond acceptors (Lipinski definition) is 5. The normalized spacial score (nSPS) is 10.6. The number of carbonyl (C=O) groups is 2. The summed E-state index contributed by atoms with van der Waals surface area (Å²) >= 11 is 0. The molecule has 0 unspecified atom stereocenters. The molecule has 0 aromatic carbocycles. The van der Waals surface area contributed by atoms with Gasteiger partial charge in [0.05, 0.1) is 18.7 Å². The first-order chi connectivity index (χ1) is 8.97. The number of hydrogen-bond donors (Lipinski definition) is 2. The Labute approximate surface area is 112 Å². The molecule has 0 saturated carbocycles. The molecule has 1 aromatic rings. The van der Waals surface area contributed by atoms with Crippen molar-refractivity contribution in [2.75, 3.05) is 27.2 Å². The van der Waals surface area contributed by atoms with Gasteiger partial charge in [-0.25, -0.2) is 5.84 Å². The highest BCUT2D eigenvalue weighted by atomic mass is 16.3. The molecule has 1 aromatic heterocycles. The predicted molar refractivity (Wildman–Crippen MR) is 70.0 cm³/mol. The van der Waals surface area contributed by atoms with E-state index < -0.39 is 5.91 Å². The van der Waals surface area contributed by atoms with E-state index in [1.165, 1.54) is 11.2 Å². The first kappa shape index (κ1) is 15.2. The molecule has 0 radical (unpaired) electrons. The third-order valence-electron chi connectivity index (χ3n) is 2.73. The Kier molecular flexibility index (Phi) is 5.53. The summed E-state index contributed by atoms with van der Waals surface area (Å²) < 4.78 is 5.28. The van der Waals surface area contributed by atoms with Gasteiger partial charge in [-0.15, -0.1) is 0 Å². The molecule has 0 fully saturated rings. The molecule has 106 valence electrons. The van der Waals surface area contributed by atoms with Gasteiger partial charge < -0.3 is 9.32 Å². The lowest BCUT2D eigenvalue weighted by molar-refractivity contribution is -0.130. The lowest BCUT2D eigenvalue weighted by Gasteiger charge is -2.20. The van der Waals surface area contributed by atoms with Gasteiger partial charge in [0, 0.05) is 14.1 Å². The lowest BCUT2D eigenvalue weighted by atomic mass is 10.3. The molecule has 1 rings (SSSR count). The molecule has 0 atom stereocenters. The molecule has 0 aliphatic rings. The summed E-state index contributed by atoms with van der Waals surface area (Å²) in [5.74, 6) is 5.28. The van der Waals surface area contributed by atoms with Crippen LogP contribution in [0.4, 0.5) is 0 Å². The van der Waals surface area contributed by atoms with Crippen LogP contribution >= 0.6 is 0 Å². The molecule has 3 N–H and O–H groups in total. The van der Waals surface area contributed by atoms with E-state index in [1.54, 1.807) is 20.2 Å². The van der Waals surface area contributed by atoms with Crippen LogP contribution in [0.3, 0.4) is 0 Å². The van der Waals surface area contributed by atoms with Crippen LogP contribution in [0.2, 0.25) is 0 Å². The Bertz CT molecular complexity index is 442. The number of likely N-dealkylation sites (N-methyl/N-ethyl adjacent to an activating group) is 2. The number of nitrogen functional groups attached to an aromatic ring is 1. The zero-order valence-electron chi connectivity index (χ0n) is 11.5. The van der Waals surface area contributed by atoms with E-state index >= 15 is 0 Å². The number of nitrogens with one attached hydrogen (secondary N) is 1. The Morgan fingerprint density at radius 3 is 2.63 bits per heavy atom. The molecule has 19 heavy (non-hydrogen) atoms. The monoisotopic (exact) mass is 268 g/mol. The van der Waals surface area contributed by atoms with Crippen LogP contribution in [0.15, 0.2) is 16.7 Å². The zero-order chi connectivity index (χ0) is 14.4. The van der Waals surface area contributed by atoms with Gasteiger partial charge >= 0.3 is 0 Å². The van der Waals surface area contributed by atoms with Crippen molar-refractivity contribution >= 4 is 11.8 Å². The van der Waals surface area contributed by atoms with Gasteiger partial charge in [-0.2, -0.15) is 0 Å². The standard InChI is InChI=1S/C12H20N4O3/c1-4-16(7-11(17)15(2)3)6-10-5-9(8-19-10)12(18)14-13/h5,8H,4,6-7,13H2,1-3H3,(H,14,18). The van der Waals surface area contributed by atoms with E-state index in [9.17, 15) is 9.59 Å². The largest absolute Gasteiger partial charge is 0.467 e. The second kappa shape index (κ2) is 6.91. The van der Waals surface area contributed by atoms with E-state index in [1.807, 2.05) is 17.2 Å².